The molecule has 0 aromatic heterocycles. The average Bonchev–Trinajstić information content (AvgIpc) is 2.48. The van der Waals surface area contributed by atoms with Crippen LogP contribution in [0.5, 0.6) is 5.75 Å². The molecule has 0 aliphatic carbocycles. The first kappa shape index (κ1) is 16.4. The van der Waals surface area contributed by atoms with Crippen LogP contribution in [-0.4, -0.2) is 30.5 Å². The van der Waals surface area contributed by atoms with Gasteiger partial charge in [0.25, 0.3) is 5.91 Å². The van der Waals surface area contributed by atoms with Gasteiger partial charge in [-0.2, -0.15) is 5.26 Å². The van der Waals surface area contributed by atoms with E-state index in [0.29, 0.717) is 6.54 Å². The minimum atomic E-state index is -0.570. The van der Waals surface area contributed by atoms with E-state index in [9.17, 15) is 14.9 Å². The van der Waals surface area contributed by atoms with Crippen molar-refractivity contribution < 1.29 is 14.5 Å². The number of nitrogens with one attached hydrogen (secondary N) is 2. The summed E-state index contributed by atoms with van der Waals surface area (Å²) in [6, 6.07) is 6.25. The molecule has 0 fully saturated rings. The number of nitro benzene ring substituents is 1. The maximum Gasteiger partial charge on any atom is 0.310 e. The summed E-state index contributed by atoms with van der Waals surface area (Å²) in [6.07, 6.45) is 0. The van der Waals surface area contributed by atoms with Crippen LogP contribution in [-0.2, 0) is 11.3 Å². The smallest absolute Gasteiger partial charge is 0.310 e. The van der Waals surface area contributed by atoms with Crippen molar-refractivity contribution in [2.24, 2.45) is 0 Å². The van der Waals surface area contributed by atoms with Crippen molar-refractivity contribution in [3.8, 4) is 11.8 Å². The van der Waals surface area contributed by atoms with Gasteiger partial charge in [-0.05, 0) is 18.2 Å². The highest BCUT2D eigenvalue weighted by molar-refractivity contribution is 5.77. The molecule has 0 aliphatic heterocycles. The van der Waals surface area contributed by atoms with Gasteiger partial charge in [-0.1, -0.05) is 13.0 Å². The Hall–Kier alpha value is -2.66. The van der Waals surface area contributed by atoms with Crippen LogP contribution in [0.25, 0.3) is 0 Å². The van der Waals surface area contributed by atoms with E-state index in [1.54, 1.807) is 12.1 Å². The van der Waals surface area contributed by atoms with Crippen LogP contribution in [0.2, 0.25) is 0 Å². The van der Waals surface area contributed by atoms with Gasteiger partial charge in [-0.25, -0.2) is 0 Å². The van der Waals surface area contributed by atoms with Crippen LogP contribution in [0, 0.1) is 21.4 Å². The van der Waals surface area contributed by atoms with Crippen LogP contribution in [0.4, 0.5) is 5.69 Å². The summed E-state index contributed by atoms with van der Waals surface area (Å²) in [4.78, 5) is 21.7. The number of nitriles is 1. The Morgan fingerprint density at radius 1 is 1.52 bits per heavy atom. The lowest BCUT2D eigenvalue weighted by molar-refractivity contribution is -0.385. The Morgan fingerprint density at radius 3 is 2.90 bits per heavy atom. The first-order chi connectivity index (χ1) is 10.1. The fourth-order valence-electron chi connectivity index (χ4n) is 1.54. The number of rotatable bonds is 8. The van der Waals surface area contributed by atoms with E-state index in [1.165, 1.54) is 12.1 Å². The van der Waals surface area contributed by atoms with Gasteiger partial charge < -0.3 is 15.4 Å². The number of carbonyl (C=O) groups excluding carboxylic acids is 1. The molecule has 0 radical (unpaired) electrons. The fourth-order valence-corrected chi connectivity index (χ4v) is 1.54. The number of carbonyl (C=O) groups is 1. The summed E-state index contributed by atoms with van der Waals surface area (Å²) in [7, 11) is 0. The zero-order chi connectivity index (χ0) is 15.7. The van der Waals surface area contributed by atoms with Gasteiger partial charge in [0.2, 0.25) is 0 Å². The van der Waals surface area contributed by atoms with Crippen molar-refractivity contribution in [3.05, 3.63) is 33.9 Å². The molecule has 112 valence electrons. The first-order valence-corrected chi connectivity index (χ1v) is 6.33. The molecule has 0 bridgehead atoms. The molecule has 0 saturated heterocycles. The maximum absolute atomic E-state index is 11.3. The third kappa shape index (κ3) is 5.46. The van der Waals surface area contributed by atoms with Gasteiger partial charge in [0.1, 0.15) is 6.54 Å². The summed E-state index contributed by atoms with van der Waals surface area (Å²) in [5.74, 6) is -0.481. The molecular formula is C13H16N4O4. The Labute approximate surface area is 121 Å². The second-order valence-electron chi connectivity index (χ2n) is 4.06. The lowest BCUT2D eigenvalue weighted by Gasteiger charge is -2.09. The number of amides is 1. The highest BCUT2D eigenvalue weighted by Crippen LogP contribution is 2.27. The molecule has 0 heterocycles. The number of hydrogen-bond donors (Lipinski definition) is 2. The highest BCUT2D eigenvalue weighted by atomic mass is 16.6. The molecule has 1 aromatic carbocycles. The number of hydrogen-bond acceptors (Lipinski definition) is 6. The lowest BCUT2D eigenvalue weighted by Crippen LogP contribution is -2.29. The third-order valence-corrected chi connectivity index (χ3v) is 2.52. The molecule has 0 atom stereocenters. The second-order valence-corrected chi connectivity index (χ2v) is 4.06. The van der Waals surface area contributed by atoms with Crippen LogP contribution in [0.1, 0.15) is 12.5 Å². The van der Waals surface area contributed by atoms with Crippen LogP contribution >= 0.6 is 0 Å². The Kier molecular flexibility index (Phi) is 6.63. The SMILES string of the molecule is CCNCc1ccc([N+](=O)[O-])c(OCC(=O)NCC#N)c1. The van der Waals surface area contributed by atoms with E-state index in [1.807, 2.05) is 6.92 Å². The number of nitro groups is 1. The fraction of sp³-hybridized carbons (Fsp3) is 0.385. The summed E-state index contributed by atoms with van der Waals surface area (Å²) < 4.78 is 5.19. The molecule has 2 N–H and O–H groups in total. The van der Waals surface area contributed by atoms with Gasteiger partial charge in [-0.3, -0.25) is 14.9 Å². The molecule has 21 heavy (non-hydrogen) atoms. The van der Waals surface area contributed by atoms with E-state index < -0.39 is 10.8 Å². The summed E-state index contributed by atoms with van der Waals surface area (Å²) >= 11 is 0. The monoisotopic (exact) mass is 292 g/mol. The number of nitrogens with zero attached hydrogens (tertiary/aromatic N) is 2. The van der Waals surface area contributed by atoms with E-state index >= 15 is 0 Å². The van der Waals surface area contributed by atoms with Gasteiger partial charge in [0.05, 0.1) is 11.0 Å². The molecule has 0 spiro atoms. The van der Waals surface area contributed by atoms with Gasteiger partial charge in [0, 0.05) is 12.6 Å². The summed E-state index contributed by atoms with van der Waals surface area (Å²) in [5.41, 5.74) is 0.609. The van der Waals surface area contributed by atoms with Crippen molar-refractivity contribution in [2.75, 3.05) is 19.7 Å². The standard InChI is InChI=1S/C13H16N4O4/c1-2-15-8-10-3-4-11(17(19)20)12(7-10)21-9-13(18)16-6-5-14/h3-4,7,15H,2,6,8-9H2,1H3,(H,16,18). The van der Waals surface area contributed by atoms with E-state index in [4.69, 9.17) is 10.00 Å². The van der Waals surface area contributed by atoms with Crippen LogP contribution in [0.3, 0.4) is 0 Å². The molecule has 0 unspecified atom stereocenters. The largest absolute Gasteiger partial charge is 0.477 e. The highest BCUT2D eigenvalue weighted by Gasteiger charge is 2.16. The molecule has 8 heteroatoms. The van der Waals surface area contributed by atoms with Crippen LogP contribution in [0.15, 0.2) is 18.2 Å². The lowest BCUT2D eigenvalue weighted by atomic mass is 10.2. The topological polar surface area (TPSA) is 117 Å². The number of ether oxygens (including phenoxy) is 1. The van der Waals surface area contributed by atoms with Crippen molar-refractivity contribution in [1.29, 1.82) is 5.26 Å². The van der Waals surface area contributed by atoms with Crippen molar-refractivity contribution >= 4 is 11.6 Å². The minimum absolute atomic E-state index is 0.0301. The molecule has 0 aliphatic rings. The molecular weight excluding hydrogens is 276 g/mol. The Balaban J connectivity index is 2.78. The number of benzene rings is 1. The third-order valence-electron chi connectivity index (χ3n) is 2.52. The zero-order valence-electron chi connectivity index (χ0n) is 11.6. The van der Waals surface area contributed by atoms with Crippen molar-refractivity contribution in [3.63, 3.8) is 0 Å². The maximum atomic E-state index is 11.3. The van der Waals surface area contributed by atoms with E-state index in [2.05, 4.69) is 10.6 Å². The van der Waals surface area contributed by atoms with Crippen molar-refractivity contribution in [2.45, 2.75) is 13.5 Å². The minimum Gasteiger partial charge on any atom is -0.477 e. The second kappa shape index (κ2) is 8.50. The Bertz CT molecular complexity index is 554. The van der Waals surface area contributed by atoms with Gasteiger partial charge in [0.15, 0.2) is 12.4 Å². The zero-order valence-corrected chi connectivity index (χ0v) is 11.6. The average molecular weight is 292 g/mol. The van der Waals surface area contributed by atoms with Crippen LogP contribution < -0.4 is 15.4 Å². The predicted molar refractivity (Wildman–Crippen MR) is 74.6 cm³/mol. The predicted octanol–water partition coefficient (Wildman–Crippen LogP) is 0.723. The molecule has 8 nitrogen and oxygen atoms in total. The quantitative estimate of drug-likeness (QED) is 0.414. The van der Waals surface area contributed by atoms with Gasteiger partial charge in [-0.15, -0.1) is 0 Å². The molecule has 1 rings (SSSR count). The molecule has 0 saturated carbocycles. The van der Waals surface area contributed by atoms with Crippen molar-refractivity contribution in [1.82, 2.24) is 10.6 Å². The summed E-state index contributed by atoms with van der Waals surface area (Å²) in [5, 5.41) is 24.6. The first-order valence-electron chi connectivity index (χ1n) is 6.33. The van der Waals surface area contributed by atoms with E-state index in [0.717, 1.165) is 12.1 Å². The normalized spacial score (nSPS) is 9.71. The Morgan fingerprint density at radius 2 is 2.29 bits per heavy atom. The molecule has 1 amide bonds. The molecule has 1 aromatic rings. The van der Waals surface area contributed by atoms with Gasteiger partial charge >= 0.3 is 5.69 Å². The summed E-state index contributed by atoms with van der Waals surface area (Å²) in [6.45, 7) is 2.75. The van der Waals surface area contributed by atoms with E-state index in [-0.39, 0.29) is 24.6 Å².